The van der Waals surface area contributed by atoms with Crippen LogP contribution in [0.25, 0.3) is 5.69 Å². The van der Waals surface area contributed by atoms with Crippen molar-refractivity contribution in [1.82, 2.24) is 19.6 Å². The molecule has 8 nitrogen and oxygen atoms in total. The van der Waals surface area contributed by atoms with Gasteiger partial charge in [0.05, 0.1) is 23.1 Å². The first-order valence-corrected chi connectivity index (χ1v) is 14.5. The Bertz CT molecular complexity index is 1470. The number of nitrogens with zero attached hydrogens (tertiary/aromatic N) is 4. The molecular formula is C32H36F2N4O4. The zero-order chi connectivity index (χ0) is 29.6. The molecule has 0 radical (unpaired) electrons. The minimum absolute atomic E-state index is 0.0677. The molecule has 2 amide bonds. The van der Waals surface area contributed by atoms with E-state index < -0.39 is 35.7 Å². The van der Waals surface area contributed by atoms with E-state index in [1.54, 1.807) is 21.9 Å². The Kier molecular flexibility index (Phi) is 7.19. The lowest BCUT2D eigenvalue weighted by Gasteiger charge is -2.38. The SMILES string of the molecule is CC(C)(C)OC(=O)N1CCc2c3c(nn2-c2ccc(C4CCC4(F)F)cc2)CCN(C(=O)OCc2ccccc2)CC31. The number of rotatable bonds is 4. The van der Waals surface area contributed by atoms with Gasteiger partial charge in [-0.05, 0) is 50.5 Å². The Hall–Kier alpha value is -3.95. The highest BCUT2D eigenvalue weighted by Crippen LogP contribution is 2.50. The molecule has 1 fully saturated rings. The summed E-state index contributed by atoms with van der Waals surface area (Å²) in [7, 11) is 0. The zero-order valence-electron chi connectivity index (χ0n) is 24.2. The molecule has 0 bridgehead atoms. The quantitative estimate of drug-likeness (QED) is 0.357. The number of carbonyl (C=O) groups is 2. The van der Waals surface area contributed by atoms with E-state index in [9.17, 15) is 18.4 Å². The van der Waals surface area contributed by atoms with Crippen LogP contribution in [0.5, 0.6) is 0 Å². The predicted octanol–water partition coefficient (Wildman–Crippen LogP) is 6.41. The van der Waals surface area contributed by atoms with Gasteiger partial charge < -0.3 is 14.4 Å². The van der Waals surface area contributed by atoms with E-state index in [0.29, 0.717) is 37.9 Å². The third kappa shape index (κ3) is 5.46. The lowest BCUT2D eigenvalue weighted by atomic mass is 9.76. The minimum atomic E-state index is -2.65. The highest BCUT2D eigenvalue weighted by Gasteiger charge is 2.49. The summed E-state index contributed by atoms with van der Waals surface area (Å²) in [6.45, 7) is 6.65. The smallest absolute Gasteiger partial charge is 0.410 e. The van der Waals surface area contributed by atoms with E-state index in [1.165, 1.54) is 0 Å². The second-order valence-corrected chi connectivity index (χ2v) is 12.3. The van der Waals surface area contributed by atoms with Gasteiger partial charge in [-0.15, -0.1) is 0 Å². The van der Waals surface area contributed by atoms with Gasteiger partial charge in [-0.1, -0.05) is 42.5 Å². The third-order valence-corrected chi connectivity index (χ3v) is 8.32. The van der Waals surface area contributed by atoms with Gasteiger partial charge in [0.25, 0.3) is 5.92 Å². The number of hydrogen-bond donors (Lipinski definition) is 0. The molecule has 2 atom stereocenters. The van der Waals surface area contributed by atoms with Gasteiger partial charge in [0.2, 0.25) is 0 Å². The first kappa shape index (κ1) is 28.2. The Labute approximate surface area is 244 Å². The molecule has 2 aromatic carbocycles. The molecule has 222 valence electrons. The molecule has 10 heteroatoms. The number of hydrogen-bond acceptors (Lipinski definition) is 5. The standard InChI is InChI=1S/C32H36F2N4O4/c1-31(2,3)42-30(40)37-18-15-26-28-25(35-38(26)23-11-9-22(10-12-23)24-13-16-32(24,33)34)14-17-36(19-27(28)37)29(39)41-20-21-7-5-4-6-8-21/h4-12,24,27H,13-20H2,1-3H3. The van der Waals surface area contributed by atoms with E-state index in [4.69, 9.17) is 14.6 Å². The number of amides is 2. The van der Waals surface area contributed by atoms with Gasteiger partial charge in [0.1, 0.15) is 12.2 Å². The first-order valence-electron chi connectivity index (χ1n) is 14.5. The third-order valence-electron chi connectivity index (χ3n) is 8.32. The van der Waals surface area contributed by atoms with Crippen LogP contribution in [-0.2, 0) is 28.9 Å². The van der Waals surface area contributed by atoms with Crippen molar-refractivity contribution in [2.45, 2.75) is 76.5 Å². The maximum atomic E-state index is 14.0. The van der Waals surface area contributed by atoms with Crippen LogP contribution in [0.15, 0.2) is 54.6 Å². The fourth-order valence-electron chi connectivity index (χ4n) is 6.09. The molecule has 6 rings (SSSR count). The summed E-state index contributed by atoms with van der Waals surface area (Å²) in [5.41, 5.74) is 4.31. The minimum Gasteiger partial charge on any atom is -0.445 e. The van der Waals surface area contributed by atoms with Crippen LogP contribution in [0.4, 0.5) is 18.4 Å². The van der Waals surface area contributed by atoms with E-state index in [1.807, 2.05) is 67.9 Å². The van der Waals surface area contributed by atoms with Crippen LogP contribution in [0.1, 0.15) is 73.7 Å². The summed E-state index contributed by atoms with van der Waals surface area (Å²) in [5.74, 6) is -3.39. The summed E-state index contributed by atoms with van der Waals surface area (Å²) < 4.78 is 41.3. The number of benzene rings is 2. The normalized spacial score (nSPS) is 21.2. The van der Waals surface area contributed by atoms with Gasteiger partial charge in [0.15, 0.2) is 0 Å². The van der Waals surface area contributed by atoms with Crippen LogP contribution in [0.3, 0.4) is 0 Å². The summed E-state index contributed by atoms with van der Waals surface area (Å²) in [6, 6.07) is 16.2. The summed E-state index contributed by atoms with van der Waals surface area (Å²) >= 11 is 0. The van der Waals surface area contributed by atoms with Crippen molar-refractivity contribution in [2.75, 3.05) is 19.6 Å². The van der Waals surface area contributed by atoms with Gasteiger partial charge >= 0.3 is 12.2 Å². The Morgan fingerprint density at radius 3 is 2.38 bits per heavy atom. The average molecular weight is 579 g/mol. The molecule has 0 spiro atoms. The Balaban J connectivity index is 1.29. The molecule has 3 aromatic rings. The molecule has 2 aliphatic heterocycles. The first-order chi connectivity index (χ1) is 20.0. The van der Waals surface area contributed by atoms with Crippen molar-refractivity contribution < 1.29 is 27.8 Å². The zero-order valence-corrected chi connectivity index (χ0v) is 24.2. The van der Waals surface area contributed by atoms with Crippen molar-refractivity contribution in [3.8, 4) is 5.69 Å². The second kappa shape index (κ2) is 10.7. The molecule has 1 aliphatic carbocycles. The number of aromatic nitrogens is 2. The Morgan fingerprint density at radius 1 is 1.00 bits per heavy atom. The number of ether oxygens (including phenoxy) is 2. The van der Waals surface area contributed by atoms with Crippen LogP contribution < -0.4 is 0 Å². The van der Waals surface area contributed by atoms with Crippen molar-refractivity contribution in [3.05, 3.63) is 82.7 Å². The van der Waals surface area contributed by atoms with Gasteiger partial charge in [0, 0.05) is 50.4 Å². The van der Waals surface area contributed by atoms with Gasteiger partial charge in [-0.25, -0.2) is 23.1 Å². The van der Waals surface area contributed by atoms with Crippen LogP contribution in [-0.4, -0.2) is 62.9 Å². The van der Waals surface area contributed by atoms with Crippen molar-refractivity contribution in [1.29, 1.82) is 0 Å². The van der Waals surface area contributed by atoms with Crippen molar-refractivity contribution >= 4 is 12.2 Å². The van der Waals surface area contributed by atoms with E-state index in [2.05, 4.69) is 0 Å². The molecular weight excluding hydrogens is 542 g/mol. The summed E-state index contributed by atoms with van der Waals surface area (Å²) in [6.07, 6.45) is 0.556. The number of carbonyl (C=O) groups excluding carboxylic acids is 2. The molecule has 3 aliphatic rings. The topological polar surface area (TPSA) is 76.9 Å². The number of alkyl halides is 2. The Morgan fingerprint density at radius 2 is 1.74 bits per heavy atom. The average Bonchev–Trinajstić information content (AvgIpc) is 3.21. The summed E-state index contributed by atoms with van der Waals surface area (Å²) in [4.78, 5) is 29.9. The fourth-order valence-corrected chi connectivity index (χ4v) is 6.09. The van der Waals surface area contributed by atoms with Crippen molar-refractivity contribution in [2.24, 2.45) is 0 Å². The summed E-state index contributed by atoms with van der Waals surface area (Å²) in [5, 5.41) is 4.95. The molecule has 0 N–H and O–H groups in total. The molecule has 1 aromatic heterocycles. The highest BCUT2D eigenvalue weighted by atomic mass is 19.3. The molecule has 2 unspecified atom stereocenters. The predicted molar refractivity (Wildman–Crippen MR) is 152 cm³/mol. The maximum absolute atomic E-state index is 14.0. The highest BCUT2D eigenvalue weighted by molar-refractivity contribution is 5.71. The number of halogens is 2. The second-order valence-electron chi connectivity index (χ2n) is 12.3. The largest absolute Gasteiger partial charge is 0.445 e. The fraction of sp³-hybridized carbons (Fsp3) is 0.469. The monoisotopic (exact) mass is 578 g/mol. The van der Waals surface area contributed by atoms with E-state index in [0.717, 1.165) is 28.2 Å². The van der Waals surface area contributed by atoms with Gasteiger partial charge in [-0.2, -0.15) is 5.10 Å². The van der Waals surface area contributed by atoms with Crippen LogP contribution in [0.2, 0.25) is 0 Å². The lowest BCUT2D eigenvalue weighted by molar-refractivity contribution is -0.0962. The molecule has 3 heterocycles. The van der Waals surface area contributed by atoms with E-state index >= 15 is 0 Å². The van der Waals surface area contributed by atoms with Crippen LogP contribution >= 0.6 is 0 Å². The molecule has 42 heavy (non-hydrogen) atoms. The van der Waals surface area contributed by atoms with Crippen LogP contribution in [0, 0.1) is 0 Å². The molecule has 1 saturated carbocycles. The van der Waals surface area contributed by atoms with Gasteiger partial charge in [-0.3, -0.25) is 4.90 Å². The maximum Gasteiger partial charge on any atom is 0.410 e. The lowest BCUT2D eigenvalue weighted by Crippen LogP contribution is -2.47. The van der Waals surface area contributed by atoms with Crippen molar-refractivity contribution in [3.63, 3.8) is 0 Å². The van der Waals surface area contributed by atoms with E-state index in [-0.39, 0.29) is 19.6 Å². The molecule has 0 saturated heterocycles.